The Hall–Kier alpha value is -0.520. The number of hydrogen-bond donors (Lipinski definition) is 1. The van der Waals surface area contributed by atoms with E-state index in [1.807, 2.05) is 12.1 Å². The maximum absolute atomic E-state index is 6.08. The van der Waals surface area contributed by atoms with E-state index in [1.54, 1.807) is 6.07 Å². The molecule has 1 aromatic heterocycles. The van der Waals surface area contributed by atoms with Crippen LogP contribution in [0, 0.1) is 0 Å². The Kier molecular flexibility index (Phi) is 5.62. The zero-order valence-electron chi connectivity index (χ0n) is 13.2. The number of nitrogens with one attached hydrogen (secondary N) is 1. The van der Waals surface area contributed by atoms with Gasteiger partial charge in [0.2, 0.25) is 3.79 Å². The average molecular weight is 408 g/mol. The van der Waals surface area contributed by atoms with Crippen molar-refractivity contribution < 1.29 is 0 Å². The zero-order chi connectivity index (χ0) is 17.3. The second kappa shape index (κ2) is 7.38. The second-order valence-corrected chi connectivity index (χ2v) is 8.65. The fourth-order valence-corrected chi connectivity index (χ4v) is 3.41. The molecule has 1 N–H and O–H groups in total. The first-order valence-corrected chi connectivity index (χ1v) is 9.41. The third kappa shape index (κ3) is 4.17. The summed E-state index contributed by atoms with van der Waals surface area (Å²) >= 11 is 24.1. The molecule has 24 heavy (non-hydrogen) atoms. The molecule has 4 nitrogen and oxygen atoms in total. The molecule has 1 aliphatic heterocycles. The number of anilines is 1. The molecule has 1 atom stereocenters. The number of rotatable bonds is 3. The van der Waals surface area contributed by atoms with Crippen LogP contribution in [0.2, 0.25) is 5.02 Å². The monoisotopic (exact) mass is 406 g/mol. The smallest absolute Gasteiger partial charge is 0.250 e. The van der Waals surface area contributed by atoms with Crippen LogP contribution in [0.4, 0.5) is 5.82 Å². The van der Waals surface area contributed by atoms with E-state index in [2.05, 4.69) is 27.1 Å². The number of aromatic nitrogens is 2. The number of halogens is 4. The van der Waals surface area contributed by atoms with E-state index < -0.39 is 3.79 Å². The lowest BCUT2D eigenvalue weighted by atomic mass is 10.1. The van der Waals surface area contributed by atoms with Crippen LogP contribution < -0.4 is 5.32 Å². The summed E-state index contributed by atoms with van der Waals surface area (Å²) in [4.78, 5) is 11.2. The van der Waals surface area contributed by atoms with Gasteiger partial charge in [-0.05, 0) is 44.1 Å². The summed E-state index contributed by atoms with van der Waals surface area (Å²) in [6.45, 7) is 5.32. The number of likely N-dealkylation sites (tertiary alicyclic amines) is 1. The van der Waals surface area contributed by atoms with Crippen LogP contribution in [0.1, 0.15) is 25.6 Å². The Labute approximate surface area is 161 Å². The standard InChI is InChI=1S/C16H18Cl4N4/c1-2-24-7-3-4-11(9-24)21-14-12-6-5-10(17)8-13(12)22-15(23-14)16(18,19)20/h5-6,8,11H,2-4,7,9H2,1H3,(H,21,22,23). The molecule has 0 radical (unpaired) electrons. The minimum atomic E-state index is -1.69. The van der Waals surface area contributed by atoms with Gasteiger partial charge in [-0.3, -0.25) is 0 Å². The van der Waals surface area contributed by atoms with Gasteiger partial charge in [-0.25, -0.2) is 9.97 Å². The third-order valence-corrected chi connectivity index (χ3v) is 4.95. The maximum atomic E-state index is 6.08. The van der Waals surface area contributed by atoms with Crippen molar-refractivity contribution in [1.29, 1.82) is 0 Å². The van der Waals surface area contributed by atoms with Gasteiger partial charge in [0, 0.05) is 23.0 Å². The van der Waals surface area contributed by atoms with Gasteiger partial charge in [0.05, 0.1) is 5.52 Å². The summed E-state index contributed by atoms with van der Waals surface area (Å²) in [6, 6.07) is 5.76. The van der Waals surface area contributed by atoms with E-state index in [0.29, 0.717) is 22.4 Å². The normalized spacial score (nSPS) is 19.6. The van der Waals surface area contributed by atoms with Crippen LogP contribution in [-0.4, -0.2) is 40.5 Å². The zero-order valence-corrected chi connectivity index (χ0v) is 16.2. The molecule has 0 saturated carbocycles. The van der Waals surface area contributed by atoms with Crippen molar-refractivity contribution in [3.05, 3.63) is 29.0 Å². The minimum absolute atomic E-state index is 0.146. The molecule has 0 bridgehead atoms. The number of nitrogens with zero attached hydrogens (tertiary/aromatic N) is 3. The molecule has 1 unspecified atom stereocenters. The van der Waals surface area contributed by atoms with Gasteiger partial charge >= 0.3 is 0 Å². The quantitative estimate of drug-likeness (QED) is 0.726. The van der Waals surface area contributed by atoms with Gasteiger partial charge in [0.15, 0.2) is 5.82 Å². The molecule has 2 aromatic rings. The number of fused-ring (bicyclic) bond motifs is 1. The Morgan fingerprint density at radius 2 is 2.08 bits per heavy atom. The Morgan fingerprint density at radius 1 is 1.29 bits per heavy atom. The average Bonchev–Trinajstić information content (AvgIpc) is 2.53. The molecule has 1 aromatic carbocycles. The molecule has 8 heteroatoms. The third-order valence-electron chi connectivity index (χ3n) is 4.21. The number of piperidine rings is 1. The lowest BCUT2D eigenvalue weighted by Crippen LogP contribution is -2.42. The van der Waals surface area contributed by atoms with E-state index in [9.17, 15) is 0 Å². The Bertz CT molecular complexity index is 732. The van der Waals surface area contributed by atoms with Crippen LogP contribution in [0.15, 0.2) is 18.2 Å². The van der Waals surface area contributed by atoms with Crippen molar-refractivity contribution in [1.82, 2.24) is 14.9 Å². The highest BCUT2D eigenvalue weighted by molar-refractivity contribution is 6.66. The van der Waals surface area contributed by atoms with Crippen LogP contribution >= 0.6 is 46.4 Å². The number of benzene rings is 1. The summed E-state index contributed by atoms with van der Waals surface area (Å²) in [7, 11) is 0. The molecule has 1 saturated heterocycles. The number of hydrogen-bond acceptors (Lipinski definition) is 4. The van der Waals surface area contributed by atoms with Crippen LogP contribution in [0.5, 0.6) is 0 Å². The highest BCUT2D eigenvalue weighted by atomic mass is 35.6. The first-order valence-electron chi connectivity index (χ1n) is 7.90. The van der Waals surface area contributed by atoms with Crippen LogP contribution in [0.3, 0.4) is 0 Å². The van der Waals surface area contributed by atoms with Gasteiger partial charge in [0.1, 0.15) is 5.82 Å². The van der Waals surface area contributed by atoms with Gasteiger partial charge in [-0.15, -0.1) is 0 Å². The van der Waals surface area contributed by atoms with E-state index in [-0.39, 0.29) is 5.82 Å². The molecule has 3 rings (SSSR count). The van der Waals surface area contributed by atoms with Crippen LogP contribution in [0.25, 0.3) is 10.9 Å². The summed E-state index contributed by atoms with van der Waals surface area (Å²) in [6.07, 6.45) is 2.23. The van der Waals surface area contributed by atoms with E-state index in [0.717, 1.165) is 37.9 Å². The van der Waals surface area contributed by atoms with E-state index >= 15 is 0 Å². The Morgan fingerprint density at radius 3 is 2.79 bits per heavy atom. The molecular formula is C16H18Cl4N4. The van der Waals surface area contributed by atoms with Crippen LogP contribution in [-0.2, 0) is 3.79 Å². The largest absolute Gasteiger partial charge is 0.365 e. The minimum Gasteiger partial charge on any atom is -0.365 e. The summed E-state index contributed by atoms with van der Waals surface area (Å²) < 4.78 is -1.69. The summed E-state index contributed by atoms with van der Waals surface area (Å²) in [5.74, 6) is 0.828. The van der Waals surface area contributed by atoms with Gasteiger partial charge in [0.25, 0.3) is 0 Å². The van der Waals surface area contributed by atoms with Crippen molar-refractivity contribution in [2.24, 2.45) is 0 Å². The van der Waals surface area contributed by atoms with E-state index in [4.69, 9.17) is 46.4 Å². The molecular weight excluding hydrogens is 390 g/mol. The second-order valence-electron chi connectivity index (χ2n) is 5.93. The lowest BCUT2D eigenvalue weighted by molar-refractivity contribution is 0.226. The molecule has 0 spiro atoms. The van der Waals surface area contributed by atoms with Crippen molar-refractivity contribution in [2.45, 2.75) is 29.6 Å². The molecule has 130 valence electrons. The highest BCUT2D eigenvalue weighted by Crippen LogP contribution is 2.38. The summed E-state index contributed by atoms with van der Waals surface area (Å²) in [5.41, 5.74) is 0.657. The molecule has 1 aliphatic rings. The summed E-state index contributed by atoms with van der Waals surface area (Å²) in [5, 5.41) is 4.96. The van der Waals surface area contributed by atoms with Gasteiger partial charge in [-0.1, -0.05) is 53.3 Å². The molecule has 1 fully saturated rings. The van der Waals surface area contributed by atoms with Crippen molar-refractivity contribution >= 4 is 63.1 Å². The van der Waals surface area contributed by atoms with Gasteiger partial charge < -0.3 is 10.2 Å². The van der Waals surface area contributed by atoms with Crippen molar-refractivity contribution in [3.8, 4) is 0 Å². The SMILES string of the molecule is CCN1CCCC(Nc2nc(C(Cl)(Cl)Cl)nc3cc(Cl)ccc23)C1. The first-order chi connectivity index (χ1) is 11.4. The van der Waals surface area contributed by atoms with Crippen molar-refractivity contribution in [2.75, 3.05) is 25.0 Å². The Balaban J connectivity index is 1.99. The fourth-order valence-electron chi connectivity index (χ4n) is 2.99. The molecule has 0 amide bonds. The maximum Gasteiger partial charge on any atom is 0.250 e. The highest BCUT2D eigenvalue weighted by Gasteiger charge is 2.29. The number of likely N-dealkylation sites (N-methyl/N-ethyl adjacent to an activating group) is 1. The lowest BCUT2D eigenvalue weighted by Gasteiger charge is -2.32. The first kappa shape index (κ1) is 18.3. The van der Waals surface area contributed by atoms with Crippen molar-refractivity contribution in [3.63, 3.8) is 0 Å². The topological polar surface area (TPSA) is 41.0 Å². The predicted octanol–water partition coefficient (Wildman–Crippen LogP) is 5.01. The fraction of sp³-hybridized carbons (Fsp3) is 0.500. The number of alkyl halides is 3. The van der Waals surface area contributed by atoms with Gasteiger partial charge in [-0.2, -0.15) is 0 Å². The van der Waals surface area contributed by atoms with E-state index in [1.165, 1.54) is 0 Å². The molecule has 2 heterocycles. The molecule has 0 aliphatic carbocycles. The predicted molar refractivity (Wildman–Crippen MR) is 103 cm³/mol.